The molecule has 0 bridgehead atoms. The molecule has 1 aliphatic rings. The second kappa shape index (κ2) is 5.06. The molecule has 0 spiro atoms. The number of thiol groups is 1. The third kappa shape index (κ3) is 2.91. The SMILES string of the molecule is CCC1(OC(=O)C(C)S)CCCCC1. The van der Waals surface area contributed by atoms with Gasteiger partial charge in [-0.15, -0.1) is 0 Å². The number of carbonyl (C=O) groups is 1. The molecule has 0 heterocycles. The number of carbonyl (C=O) groups excluding carboxylic acids is 1. The van der Waals surface area contributed by atoms with E-state index in [-0.39, 0.29) is 16.8 Å². The van der Waals surface area contributed by atoms with Crippen LogP contribution in [0.2, 0.25) is 0 Å². The Kier molecular flexibility index (Phi) is 4.30. The summed E-state index contributed by atoms with van der Waals surface area (Å²) in [5, 5.41) is -0.305. The lowest BCUT2D eigenvalue weighted by Crippen LogP contribution is -2.38. The molecule has 2 nitrogen and oxygen atoms in total. The van der Waals surface area contributed by atoms with Crippen LogP contribution in [0, 0.1) is 0 Å². The van der Waals surface area contributed by atoms with Gasteiger partial charge in [0.1, 0.15) is 5.60 Å². The van der Waals surface area contributed by atoms with Gasteiger partial charge in [-0.2, -0.15) is 12.6 Å². The average Bonchev–Trinajstić information content (AvgIpc) is 2.19. The second-order valence-corrected chi connectivity index (χ2v) is 4.97. The van der Waals surface area contributed by atoms with Crippen molar-refractivity contribution in [3.8, 4) is 0 Å². The smallest absolute Gasteiger partial charge is 0.319 e. The Morgan fingerprint density at radius 1 is 1.43 bits per heavy atom. The summed E-state index contributed by atoms with van der Waals surface area (Å²) in [6.07, 6.45) is 6.62. The van der Waals surface area contributed by atoms with Crippen molar-refractivity contribution < 1.29 is 9.53 Å². The molecule has 0 aromatic carbocycles. The van der Waals surface area contributed by atoms with Crippen LogP contribution < -0.4 is 0 Å². The Hall–Kier alpha value is -0.180. The van der Waals surface area contributed by atoms with Crippen LogP contribution in [-0.4, -0.2) is 16.8 Å². The topological polar surface area (TPSA) is 26.3 Å². The number of ether oxygens (including phenoxy) is 1. The van der Waals surface area contributed by atoms with Crippen LogP contribution in [0.5, 0.6) is 0 Å². The minimum atomic E-state index is -0.305. The largest absolute Gasteiger partial charge is 0.458 e. The van der Waals surface area contributed by atoms with E-state index in [1.54, 1.807) is 6.92 Å². The maximum atomic E-state index is 11.5. The van der Waals surface area contributed by atoms with E-state index in [1.165, 1.54) is 19.3 Å². The first-order valence-electron chi connectivity index (χ1n) is 5.50. The number of esters is 1. The summed E-state index contributed by atoms with van der Waals surface area (Å²) in [6, 6.07) is 0. The van der Waals surface area contributed by atoms with Gasteiger partial charge in [0, 0.05) is 0 Å². The van der Waals surface area contributed by atoms with Gasteiger partial charge in [-0.3, -0.25) is 4.79 Å². The number of hydrogen-bond acceptors (Lipinski definition) is 3. The van der Waals surface area contributed by atoms with Gasteiger partial charge in [0.15, 0.2) is 0 Å². The summed E-state index contributed by atoms with van der Waals surface area (Å²) >= 11 is 4.09. The summed E-state index contributed by atoms with van der Waals surface area (Å²) < 4.78 is 5.57. The van der Waals surface area contributed by atoms with Gasteiger partial charge < -0.3 is 4.74 Å². The first-order chi connectivity index (χ1) is 6.59. The van der Waals surface area contributed by atoms with Crippen LogP contribution in [0.4, 0.5) is 0 Å². The number of rotatable bonds is 3. The predicted molar refractivity (Wildman–Crippen MR) is 60.6 cm³/mol. The third-order valence-corrected chi connectivity index (χ3v) is 3.28. The fourth-order valence-corrected chi connectivity index (χ4v) is 2.08. The predicted octanol–water partition coefficient (Wildman–Crippen LogP) is 2.96. The molecule has 0 radical (unpaired) electrons. The van der Waals surface area contributed by atoms with Crippen LogP contribution in [0.25, 0.3) is 0 Å². The summed E-state index contributed by atoms with van der Waals surface area (Å²) in [5.74, 6) is -0.169. The highest BCUT2D eigenvalue weighted by molar-refractivity contribution is 7.81. The van der Waals surface area contributed by atoms with Gasteiger partial charge >= 0.3 is 5.97 Å². The fourth-order valence-electron chi connectivity index (χ4n) is 2.02. The first kappa shape index (κ1) is 11.9. The van der Waals surface area contributed by atoms with E-state index >= 15 is 0 Å². The maximum Gasteiger partial charge on any atom is 0.319 e. The van der Waals surface area contributed by atoms with E-state index in [2.05, 4.69) is 19.6 Å². The van der Waals surface area contributed by atoms with E-state index in [0.717, 1.165) is 19.3 Å². The van der Waals surface area contributed by atoms with Gasteiger partial charge in [0.05, 0.1) is 5.25 Å². The van der Waals surface area contributed by atoms with Gasteiger partial charge in [0.2, 0.25) is 0 Å². The van der Waals surface area contributed by atoms with E-state index in [1.807, 2.05) is 0 Å². The monoisotopic (exact) mass is 216 g/mol. The van der Waals surface area contributed by atoms with Crippen molar-refractivity contribution in [2.75, 3.05) is 0 Å². The Labute approximate surface area is 91.8 Å². The van der Waals surface area contributed by atoms with Gasteiger partial charge in [-0.05, 0) is 39.0 Å². The van der Waals surface area contributed by atoms with E-state index in [9.17, 15) is 4.79 Å². The molecule has 1 unspecified atom stereocenters. The molecule has 0 aliphatic heterocycles. The summed E-state index contributed by atoms with van der Waals surface area (Å²) in [5.41, 5.74) is -0.174. The molecule has 0 aromatic rings. The third-order valence-electron chi connectivity index (χ3n) is 3.07. The normalized spacial score (nSPS) is 22.8. The number of hydrogen-bond donors (Lipinski definition) is 1. The zero-order valence-corrected chi connectivity index (χ0v) is 9.98. The molecule has 82 valence electrons. The zero-order valence-electron chi connectivity index (χ0n) is 9.08. The first-order valence-corrected chi connectivity index (χ1v) is 6.02. The average molecular weight is 216 g/mol. The Bertz CT molecular complexity index is 195. The van der Waals surface area contributed by atoms with E-state index in [4.69, 9.17) is 4.74 Å². The highest BCUT2D eigenvalue weighted by atomic mass is 32.1. The quantitative estimate of drug-likeness (QED) is 0.580. The van der Waals surface area contributed by atoms with Crippen molar-refractivity contribution in [1.82, 2.24) is 0 Å². The van der Waals surface area contributed by atoms with E-state index in [0.29, 0.717) is 0 Å². The van der Waals surface area contributed by atoms with Crippen LogP contribution >= 0.6 is 12.6 Å². The van der Waals surface area contributed by atoms with Crippen molar-refractivity contribution in [2.24, 2.45) is 0 Å². The van der Waals surface area contributed by atoms with Crippen molar-refractivity contribution in [1.29, 1.82) is 0 Å². The summed E-state index contributed by atoms with van der Waals surface area (Å²) in [4.78, 5) is 11.5. The highest BCUT2D eigenvalue weighted by Crippen LogP contribution is 2.34. The molecule has 1 saturated carbocycles. The summed E-state index contributed by atoms with van der Waals surface area (Å²) in [7, 11) is 0. The van der Waals surface area contributed by atoms with Crippen LogP contribution in [0.3, 0.4) is 0 Å². The molecule has 1 fully saturated rings. The standard InChI is InChI=1S/C11H20O2S/c1-3-11(7-5-4-6-8-11)13-10(12)9(2)14/h9,14H,3-8H2,1-2H3. The van der Waals surface area contributed by atoms with Gasteiger partial charge in [-0.25, -0.2) is 0 Å². The van der Waals surface area contributed by atoms with Crippen molar-refractivity contribution in [3.05, 3.63) is 0 Å². The lowest BCUT2D eigenvalue weighted by molar-refractivity contribution is -0.162. The minimum Gasteiger partial charge on any atom is -0.458 e. The molecule has 0 saturated heterocycles. The molecule has 1 aliphatic carbocycles. The molecule has 14 heavy (non-hydrogen) atoms. The van der Waals surface area contributed by atoms with Crippen LogP contribution in [0.1, 0.15) is 52.4 Å². The minimum absolute atomic E-state index is 0.169. The van der Waals surface area contributed by atoms with Crippen LogP contribution in [0.15, 0.2) is 0 Å². The lowest BCUT2D eigenvalue weighted by Gasteiger charge is -2.36. The molecule has 3 heteroatoms. The van der Waals surface area contributed by atoms with Crippen LogP contribution in [-0.2, 0) is 9.53 Å². The molecule has 0 N–H and O–H groups in total. The van der Waals surface area contributed by atoms with Crippen molar-refractivity contribution in [3.63, 3.8) is 0 Å². The van der Waals surface area contributed by atoms with Crippen molar-refractivity contribution in [2.45, 2.75) is 63.2 Å². The fraction of sp³-hybridized carbons (Fsp3) is 0.909. The van der Waals surface area contributed by atoms with Gasteiger partial charge in [-0.1, -0.05) is 13.3 Å². The molecular weight excluding hydrogens is 196 g/mol. The molecule has 1 rings (SSSR count). The molecular formula is C11H20O2S. The van der Waals surface area contributed by atoms with Gasteiger partial charge in [0.25, 0.3) is 0 Å². The lowest BCUT2D eigenvalue weighted by atomic mass is 9.83. The second-order valence-electron chi connectivity index (χ2n) is 4.19. The Morgan fingerprint density at radius 2 is 2.00 bits per heavy atom. The zero-order chi connectivity index (χ0) is 10.6. The highest BCUT2D eigenvalue weighted by Gasteiger charge is 2.34. The Balaban J connectivity index is 2.56. The molecule has 1 atom stereocenters. The summed E-state index contributed by atoms with van der Waals surface area (Å²) in [6.45, 7) is 3.86. The molecule has 0 aromatic heterocycles. The Morgan fingerprint density at radius 3 is 2.43 bits per heavy atom. The molecule has 0 amide bonds. The maximum absolute atomic E-state index is 11.5. The van der Waals surface area contributed by atoms with Crippen molar-refractivity contribution >= 4 is 18.6 Å². The van der Waals surface area contributed by atoms with E-state index < -0.39 is 0 Å².